The van der Waals surface area contributed by atoms with Gasteiger partial charge >= 0.3 is 0 Å². The molecule has 2 N–H and O–H groups in total. The van der Waals surface area contributed by atoms with E-state index in [1.165, 1.54) is 5.56 Å². The normalized spacial score (nSPS) is 11.5. The lowest BCUT2D eigenvalue weighted by Crippen LogP contribution is -2.13. The summed E-state index contributed by atoms with van der Waals surface area (Å²) >= 11 is 0. The van der Waals surface area contributed by atoms with Crippen molar-refractivity contribution in [2.24, 2.45) is 11.1 Å². The molecule has 0 radical (unpaired) electrons. The van der Waals surface area contributed by atoms with Crippen LogP contribution in [-0.2, 0) is 6.42 Å². The van der Waals surface area contributed by atoms with Gasteiger partial charge in [0.1, 0.15) is 0 Å². The molecule has 0 aliphatic heterocycles. The standard InChI is InChI=1S/C14H21NO/c1-14(2,3)10-13(16)12-6-4-11(5-7-12)8-9-15/h4-7H,8-10,15H2,1-3H3. The van der Waals surface area contributed by atoms with Crippen molar-refractivity contribution in [1.82, 2.24) is 0 Å². The highest BCUT2D eigenvalue weighted by molar-refractivity contribution is 5.96. The van der Waals surface area contributed by atoms with E-state index >= 15 is 0 Å². The predicted octanol–water partition coefficient (Wildman–Crippen LogP) is 2.81. The van der Waals surface area contributed by atoms with Crippen LogP contribution in [0.4, 0.5) is 0 Å². The molecular formula is C14H21NO. The molecule has 0 aromatic heterocycles. The van der Waals surface area contributed by atoms with E-state index in [9.17, 15) is 4.79 Å². The van der Waals surface area contributed by atoms with Crippen molar-refractivity contribution >= 4 is 5.78 Å². The fourth-order valence-corrected chi connectivity index (χ4v) is 1.61. The van der Waals surface area contributed by atoms with E-state index in [1.807, 2.05) is 24.3 Å². The number of carbonyl (C=O) groups is 1. The lowest BCUT2D eigenvalue weighted by Gasteiger charge is -2.16. The molecule has 16 heavy (non-hydrogen) atoms. The van der Waals surface area contributed by atoms with Crippen molar-refractivity contribution < 1.29 is 4.79 Å². The molecule has 1 rings (SSSR count). The van der Waals surface area contributed by atoms with Gasteiger partial charge in [-0.25, -0.2) is 0 Å². The minimum absolute atomic E-state index is 0.0486. The molecule has 0 spiro atoms. The predicted molar refractivity (Wildman–Crippen MR) is 67.6 cm³/mol. The molecule has 0 heterocycles. The third-order valence-corrected chi connectivity index (χ3v) is 2.40. The minimum Gasteiger partial charge on any atom is -0.330 e. The highest BCUT2D eigenvalue weighted by Gasteiger charge is 2.16. The van der Waals surface area contributed by atoms with E-state index in [0.717, 1.165) is 12.0 Å². The molecule has 0 bridgehead atoms. The summed E-state index contributed by atoms with van der Waals surface area (Å²) in [6.07, 6.45) is 1.46. The van der Waals surface area contributed by atoms with Crippen molar-refractivity contribution in [3.63, 3.8) is 0 Å². The average Bonchev–Trinajstić information content (AvgIpc) is 2.16. The Morgan fingerprint density at radius 3 is 2.19 bits per heavy atom. The lowest BCUT2D eigenvalue weighted by molar-refractivity contribution is 0.0940. The quantitative estimate of drug-likeness (QED) is 0.791. The molecular weight excluding hydrogens is 198 g/mol. The summed E-state index contributed by atoms with van der Waals surface area (Å²) < 4.78 is 0. The van der Waals surface area contributed by atoms with E-state index in [4.69, 9.17) is 5.73 Å². The van der Waals surface area contributed by atoms with Crippen LogP contribution in [0.2, 0.25) is 0 Å². The Morgan fingerprint density at radius 2 is 1.75 bits per heavy atom. The topological polar surface area (TPSA) is 43.1 Å². The van der Waals surface area contributed by atoms with Gasteiger partial charge in [-0.1, -0.05) is 45.0 Å². The van der Waals surface area contributed by atoms with Gasteiger partial charge in [-0.3, -0.25) is 4.79 Å². The van der Waals surface area contributed by atoms with Crippen LogP contribution in [0, 0.1) is 5.41 Å². The van der Waals surface area contributed by atoms with E-state index in [2.05, 4.69) is 20.8 Å². The van der Waals surface area contributed by atoms with E-state index < -0.39 is 0 Å². The van der Waals surface area contributed by atoms with Gasteiger partial charge in [-0.15, -0.1) is 0 Å². The molecule has 0 fully saturated rings. The van der Waals surface area contributed by atoms with E-state index in [1.54, 1.807) is 0 Å². The number of ketones is 1. The van der Waals surface area contributed by atoms with Crippen LogP contribution in [0.15, 0.2) is 24.3 Å². The Morgan fingerprint density at radius 1 is 1.19 bits per heavy atom. The zero-order valence-electron chi connectivity index (χ0n) is 10.4. The van der Waals surface area contributed by atoms with Gasteiger partial charge < -0.3 is 5.73 Å². The second kappa shape index (κ2) is 5.26. The van der Waals surface area contributed by atoms with Crippen LogP contribution in [0.3, 0.4) is 0 Å². The van der Waals surface area contributed by atoms with Gasteiger partial charge in [0.15, 0.2) is 5.78 Å². The van der Waals surface area contributed by atoms with Crippen LogP contribution in [0.1, 0.15) is 43.1 Å². The molecule has 0 aliphatic carbocycles. The van der Waals surface area contributed by atoms with Gasteiger partial charge in [0.05, 0.1) is 0 Å². The summed E-state index contributed by atoms with van der Waals surface area (Å²) in [5.41, 5.74) is 7.51. The van der Waals surface area contributed by atoms with Gasteiger partial charge in [-0.2, -0.15) is 0 Å². The van der Waals surface area contributed by atoms with Crippen molar-refractivity contribution in [3.05, 3.63) is 35.4 Å². The maximum absolute atomic E-state index is 11.9. The van der Waals surface area contributed by atoms with Gasteiger partial charge in [-0.05, 0) is 23.9 Å². The Hall–Kier alpha value is -1.15. The van der Waals surface area contributed by atoms with Crippen molar-refractivity contribution in [1.29, 1.82) is 0 Å². The Kier molecular flexibility index (Phi) is 4.25. The van der Waals surface area contributed by atoms with Crippen molar-refractivity contribution in [3.8, 4) is 0 Å². The Labute approximate surface area is 97.9 Å². The number of carbonyl (C=O) groups excluding carboxylic acids is 1. The smallest absolute Gasteiger partial charge is 0.163 e. The molecule has 0 saturated heterocycles. The largest absolute Gasteiger partial charge is 0.330 e. The SMILES string of the molecule is CC(C)(C)CC(=O)c1ccc(CCN)cc1. The van der Waals surface area contributed by atoms with Crippen LogP contribution < -0.4 is 5.73 Å². The first-order valence-electron chi connectivity index (χ1n) is 5.74. The maximum atomic E-state index is 11.9. The zero-order valence-corrected chi connectivity index (χ0v) is 10.4. The molecule has 0 unspecified atom stereocenters. The third kappa shape index (κ3) is 4.15. The molecule has 1 aromatic carbocycles. The Balaban J connectivity index is 2.70. The fourth-order valence-electron chi connectivity index (χ4n) is 1.61. The van der Waals surface area contributed by atoms with Crippen LogP contribution in [0.25, 0.3) is 0 Å². The summed E-state index contributed by atoms with van der Waals surface area (Å²) in [5.74, 6) is 0.215. The number of benzene rings is 1. The van der Waals surface area contributed by atoms with Crippen molar-refractivity contribution in [2.45, 2.75) is 33.6 Å². The number of nitrogens with two attached hydrogens (primary N) is 1. The summed E-state index contributed by atoms with van der Waals surface area (Å²) in [6.45, 7) is 6.88. The van der Waals surface area contributed by atoms with Crippen LogP contribution in [-0.4, -0.2) is 12.3 Å². The summed E-state index contributed by atoms with van der Waals surface area (Å²) in [4.78, 5) is 11.9. The third-order valence-electron chi connectivity index (χ3n) is 2.40. The monoisotopic (exact) mass is 219 g/mol. The number of hydrogen-bond donors (Lipinski definition) is 1. The average molecular weight is 219 g/mol. The highest BCUT2D eigenvalue weighted by atomic mass is 16.1. The molecule has 2 heteroatoms. The molecule has 0 amide bonds. The maximum Gasteiger partial charge on any atom is 0.163 e. The summed E-state index contributed by atoms with van der Waals surface area (Å²) in [5, 5.41) is 0. The van der Waals surface area contributed by atoms with Crippen molar-refractivity contribution in [2.75, 3.05) is 6.54 Å². The highest BCUT2D eigenvalue weighted by Crippen LogP contribution is 2.21. The molecule has 0 saturated carbocycles. The first-order valence-corrected chi connectivity index (χ1v) is 5.74. The lowest BCUT2D eigenvalue weighted by atomic mass is 9.88. The molecule has 2 nitrogen and oxygen atoms in total. The molecule has 0 aliphatic rings. The molecule has 1 aromatic rings. The van der Waals surface area contributed by atoms with Crippen LogP contribution in [0.5, 0.6) is 0 Å². The minimum atomic E-state index is 0.0486. The number of Topliss-reactive ketones (excluding diaryl/α,β-unsaturated/α-hetero) is 1. The van der Waals surface area contributed by atoms with Gasteiger partial charge in [0, 0.05) is 12.0 Å². The summed E-state index contributed by atoms with van der Waals surface area (Å²) in [6, 6.07) is 7.78. The fraction of sp³-hybridized carbons (Fsp3) is 0.500. The number of rotatable bonds is 4. The van der Waals surface area contributed by atoms with E-state index in [0.29, 0.717) is 13.0 Å². The second-order valence-electron chi connectivity index (χ2n) is 5.40. The number of hydrogen-bond acceptors (Lipinski definition) is 2. The first kappa shape index (κ1) is 12.9. The van der Waals surface area contributed by atoms with E-state index in [-0.39, 0.29) is 11.2 Å². The first-order chi connectivity index (χ1) is 7.42. The molecule has 88 valence electrons. The zero-order chi connectivity index (χ0) is 12.2. The van der Waals surface area contributed by atoms with Crippen LogP contribution >= 0.6 is 0 Å². The van der Waals surface area contributed by atoms with Gasteiger partial charge in [0.25, 0.3) is 0 Å². The second-order valence-corrected chi connectivity index (χ2v) is 5.40. The van der Waals surface area contributed by atoms with Gasteiger partial charge in [0.2, 0.25) is 0 Å². The Bertz CT molecular complexity index is 346. The summed E-state index contributed by atoms with van der Waals surface area (Å²) in [7, 11) is 0. The molecule has 0 atom stereocenters.